The Morgan fingerprint density at radius 1 is 0.538 bits per heavy atom. The highest BCUT2D eigenvalue weighted by Crippen LogP contribution is 2.64. The van der Waals surface area contributed by atoms with Gasteiger partial charge in [-0.15, -0.1) is 0 Å². The van der Waals surface area contributed by atoms with Crippen molar-refractivity contribution < 1.29 is 0 Å². The lowest BCUT2D eigenvalue weighted by molar-refractivity contribution is -0.145. The van der Waals surface area contributed by atoms with E-state index >= 15 is 0 Å². The zero-order valence-corrected chi connectivity index (χ0v) is 31.0. The Morgan fingerprint density at radius 3 is 2.02 bits per heavy atom. The third-order valence-electron chi connectivity index (χ3n) is 15.0. The Hall–Kier alpha value is -3.47. The second-order valence-corrected chi connectivity index (χ2v) is 18.8. The smallest absolute Gasteiger partial charge is 0.133 e. The summed E-state index contributed by atoms with van der Waals surface area (Å²) in [7, 11) is 0. The van der Waals surface area contributed by atoms with Gasteiger partial charge in [0.05, 0.1) is 11.2 Å². The van der Waals surface area contributed by atoms with Crippen LogP contribution in [0, 0.1) is 23.7 Å². The lowest BCUT2D eigenvalue weighted by Crippen LogP contribution is -2.73. The molecule has 11 rings (SSSR count). The second-order valence-electron chi connectivity index (χ2n) is 17.3. The largest absolute Gasteiger partial charge is 0.292 e. The Morgan fingerprint density at radius 2 is 1.21 bits per heavy atom. The Kier molecular flexibility index (Phi) is 8.08. The number of para-hydroxylation sites is 1. The molecule has 0 radical (unpaired) electrons. The summed E-state index contributed by atoms with van der Waals surface area (Å²) in [4.78, 5) is 14.3. The maximum atomic E-state index is 5.55. The molecule has 5 aromatic rings. The van der Waals surface area contributed by atoms with Crippen LogP contribution in [0.3, 0.4) is 0 Å². The molecule has 3 nitrogen and oxygen atoms in total. The molecule has 6 fully saturated rings. The molecule has 4 aromatic carbocycles. The van der Waals surface area contributed by atoms with Crippen molar-refractivity contribution in [2.75, 3.05) is 0 Å². The molecule has 4 heteroatoms. The number of fused-ring (bicyclic) bond motifs is 5. The summed E-state index contributed by atoms with van der Waals surface area (Å²) < 4.78 is 0. The minimum atomic E-state index is 0.445. The van der Waals surface area contributed by atoms with E-state index < -0.39 is 0 Å². The van der Waals surface area contributed by atoms with Gasteiger partial charge >= 0.3 is 0 Å². The van der Waals surface area contributed by atoms with E-state index in [2.05, 4.69) is 132 Å². The lowest BCUT2D eigenvalue weighted by atomic mass is 9.50. The Labute approximate surface area is 314 Å². The molecule has 0 N–H and O–H groups in total. The van der Waals surface area contributed by atoms with Crippen LogP contribution in [0.5, 0.6) is 0 Å². The van der Waals surface area contributed by atoms with Crippen LogP contribution in [0.15, 0.2) is 115 Å². The molecule has 0 amide bonds. The molecule has 1 aromatic heterocycles. The van der Waals surface area contributed by atoms with Crippen LogP contribution in [-0.2, 0) is 0 Å². The number of aromatic nitrogens is 2. The molecule has 2 aliphatic heterocycles. The van der Waals surface area contributed by atoms with Crippen LogP contribution in [0.25, 0.3) is 22.2 Å². The van der Waals surface area contributed by atoms with Crippen LogP contribution in [0.1, 0.15) is 98.9 Å². The summed E-state index contributed by atoms with van der Waals surface area (Å²) in [6.45, 7) is 0. The van der Waals surface area contributed by atoms with Crippen LogP contribution in [0.2, 0.25) is 0 Å². The van der Waals surface area contributed by atoms with Gasteiger partial charge in [0, 0.05) is 45.5 Å². The Balaban J connectivity index is 0.986. The summed E-state index contributed by atoms with van der Waals surface area (Å²) in [5.74, 6) is 6.01. The second kappa shape index (κ2) is 13.1. The van der Waals surface area contributed by atoms with Gasteiger partial charge in [0.15, 0.2) is 0 Å². The fourth-order valence-corrected chi connectivity index (χ4v) is 15.2. The molecular formula is C48H51N3S. The molecular weight excluding hydrogens is 651 g/mol. The number of thioether (sulfide) groups is 1. The van der Waals surface area contributed by atoms with E-state index in [1.807, 2.05) is 0 Å². The van der Waals surface area contributed by atoms with E-state index in [4.69, 9.17) is 9.97 Å². The van der Waals surface area contributed by atoms with Crippen molar-refractivity contribution in [1.82, 2.24) is 14.9 Å². The van der Waals surface area contributed by atoms with Crippen LogP contribution in [0.4, 0.5) is 0 Å². The van der Waals surface area contributed by atoms with Crippen molar-refractivity contribution in [2.45, 2.75) is 111 Å². The molecule has 264 valence electrons. The summed E-state index contributed by atoms with van der Waals surface area (Å²) in [5, 5.41) is 2.66. The van der Waals surface area contributed by atoms with E-state index in [9.17, 15) is 0 Å². The van der Waals surface area contributed by atoms with Crippen molar-refractivity contribution in [3.8, 4) is 11.3 Å². The van der Waals surface area contributed by atoms with Gasteiger partial charge in [-0.05, 0) is 110 Å². The van der Waals surface area contributed by atoms with Gasteiger partial charge in [-0.3, -0.25) is 4.90 Å². The fourth-order valence-electron chi connectivity index (χ4n) is 13.1. The average Bonchev–Trinajstić information content (AvgIpc) is 3.22. The minimum absolute atomic E-state index is 0.445. The van der Waals surface area contributed by atoms with E-state index in [1.165, 1.54) is 75.2 Å². The minimum Gasteiger partial charge on any atom is -0.292 e. The molecule has 4 aliphatic carbocycles. The number of rotatable bonds is 4. The van der Waals surface area contributed by atoms with E-state index in [0.29, 0.717) is 23.7 Å². The highest BCUT2D eigenvalue weighted by atomic mass is 32.2. The van der Waals surface area contributed by atoms with E-state index in [-0.39, 0.29) is 0 Å². The highest BCUT2D eigenvalue weighted by Gasteiger charge is 2.63. The van der Waals surface area contributed by atoms with Gasteiger partial charge < -0.3 is 0 Å². The van der Waals surface area contributed by atoms with Crippen LogP contribution in [-0.4, -0.2) is 43.5 Å². The topological polar surface area (TPSA) is 29.0 Å². The Bertz CT molecular complexity index is 2040. The van der Waals surface area contributed by atoms with Crippen molar-refractivity contribution in [3.05, 3.63) is 132 Å². The van der Waals surface area contributed by atoms with Crippen molar-refractivity contribution in [2.24, 2.45) is 23.7 Å². The summed E-state index contributed by atoms with van der Waals surface area (Å²) >= 11 is 2.46. The number of nitrogens with zero attached hydrogens (tertiary/aromatic N) is 3. The van der Waals surface area contributed by atoms with E-state index in [0.717, 1.165) is 63.4 Å². The van der Waals surface area contributed by atoms with Crippen molar-refractivity contribution in [1.29, 1.82) is 0 Å². The molecule has 3 heterocycles. The zero-order chi connectivity index (χ0) is 34.2. The lowest BCUT2D eigenvalue weighted by Gasteiger charge is -2.69. The standard InChI is InChI=1S/C48H51N3S/c1-4-13-30(14-5-1)33-23-25-41-43(28-33)52-44-29-34(31-15-6-2-7-16-31)27-39-36-21-12-20-35-37(24-26-42(45(35)36)51(41)47(39)44)48-49-40-22-11-10-19-38(40)46(50-48)32-17-8-3-9-18-32/h1-11,13-19,22,33-37,39,41-45,47H,12,20-21,23-29H2. The normalized spacial score (nSPS) is 36.7. The van der Waals surface area contributed by atoms with Crippen molar-refractivity contribution in [3.63, 3.8) is 0 Å². The van der Waals surface area contributed by atoms with Gasteiger partial charge in [-0.1, -0.05) is 116 Å². The van der Waals surface area contributed by atoms with Gasteiger partial charge in [-0.25, -0.2) is 9.97 Å². The first kappa shape index (κ1) is 32.0. The first-order chi connectivity index (χ1) is 25.8. The number of benzene rings is 4. The molecule has 0 bridgehead atoms. The van der Waals surface area contributed by atoms with Gasteiger partial charge in [0.2, 0.25) is 0 Å². The van der Waals surface area contributed by atoms with Gasteiger partial charge in [0.25, 0.3) is 0 Å². The number of piperidine rings is 1. The quantitative estimate of drug-likeness (QED) is 0.187. The molecule has 12 atom stereocenters. The predicted molar refractivity (Wildman–Crippen MR) is 215 cm³/mol. The third-order valence-corrected chi connectivity index (χ3v) is 16.7. The van der Waals surface area contributed by atoms with E-state index in [1.54, 1.807) is 11.1 Å². The molecule has 52 heavy (non-hydrogen) atoms. The summed E-state index contributed by atoms with van der Waals surface area (Å²) in [6, 6.07) is 45.0. The molecule has 0 spiro atoms. The molecule has 12 unspecified atom stereocenters. The van der Waals surface area contributed by atoms with Crippen molar-refractivity contribution >= 4 is 22.7 Å². The molecule has 6 aliphatic rings. The molecule has 4 saturated carbocycles. The maximum Gasteiger partial charge on any atom is 0.133 e. The zero-order valence-electron chi connectivity index (χ0n) is 30.2. The number of hydrogen-bond acceptors (Lipinski definition) is 4. The van der Waals surface area contributed by atoms with Gasteiger partial charge in [0.1, 0.15) is 5.82 Å². The average molecular weight is 702 g/mol. The summed E-state index contributed by atoms with van der Waals surface area (Å²) in [5.41, 5.74) is 6.60. The predicted octanol–water partition coefficient (Wildman–Crippen LogP) is 11.3. The number of hydrogen-bond donors (Lipinski definition) is 0. The monoisotopic (exact) mass is 701 g/mol. The van der Waals surface area contributed by atoms with Crippen LogP contribution >= 0.6 is 11.8 Å². The first-order valence-corrected chi connectivity index (χ1v) is 21.6. The first-order valence-electron chi connectivity index (χ1n) is 20.6. The summed E-state index contributed by atoms with van der Waals surface area (Å²) in [6.07, 6.45) is 13.5. The maximum absolute atomic E-state index is 5.55. The van der Waals surface area contributed by atoms with Gasteiger partial charge in [-0.2, -0.15) is 11.8 Å². The fraction of sp³-hybridized carbons (Fsp3) is 0.458. The van der Waals surface area contributed by atoms with Crippen LogP contribution < -0.4 is 0 Å². The SMILES string of the molecule is c1ccc(-c2nc(C3CCC4C5C3CCCC5C3CC(c5ccccc5)CC5SC6CC(c7ccccc7)CCC6N4C53)nc3ccccc23)cc1. The highest BCUT2D eigenvalue weighted by molar-refractivity contribution is 8.00. The molecule has 2 saturated heterocycles. The third kappa shape index (κ3) is 5.25.